The topological polar surface area (TPSA) is 29.3 Å². The monoisotopic (exact) mass is 284 g/mol. The molecule has 0 bridgehead atoms. The molecule has 0 aromatic rings. The normalized spacial score (nSPS) is 28.0. The second kappa shape index (κ2) is 5.40. The summed E-state index contributed by atoms with van der Waals surface area (Å²) in [6.07, 6.45) is 4.41. The summed E-state index contributed by atoms with van der Waals surface area (Å²) >= 11 is -0.754. The minimum absolute atomic E-state index is 0.754. The predicted octanol–water partition coefficient (Wildman–Crippen LogP) is 1.87. The van der Waals surface area contributed by atoms with Crippen LogP contribution in [-0.4, -0.2) is 31.6 Å². The number of hydrogen-bond donors (Lipinski definition) is 1. The van der Waals surface area contributed by atoms with E-state index in [0.717, 1.165) is 17.0 Å². The zero-order chi connectivity index (χ0) is 8.97. The Balaban J connectivity index is 2.36. The Morgan fingerprint density at radius 3 is 2.83 bits per heavy atom. The molecule has 0 unspecified atom stereocenters. The Kier molecular flexibility index (Phi) is 4.82. The van der Waals surface area contributed by atoms with Gasteiger partial charge in [0.15, 0.2) is 0 Å². The van der Waals surface area contributed by atoms with Crippen LogP contribution in [-0.2, 0) is 0 Å². The number of nitrogens with two attached hydrogens (primary N) is 1. The van der Waals surface area contributed by atoms with Gasteiger partial charge in [0.05, 0.1) is 0 Å². The van der Waals surface area contributed by atoms with Crippen molar-refractivity contribution in [2.75, 3.05) is 24.6 Å². The van der Waals surface area contributed by atoms with E-state index in [-0.39, 0.29) is 0 Å². The number of hydrogen-bond acceptors (Lipinski definition) is 2. The van der Waals surface area contributed by atoms with E-state index in [2.05, 4.69) is 17.1 Å². The summed E-state index contributed by atoms with van der Waals surface area (Å²) in [6, 6.07) is 0. The molecule has 1 aliphatic rings. The van der Waals surface area contributed by atoms with Crippen molar-refractivity contribution in [3.8, 4) is 0 Å². The molecule has 2 N–H and O–H groups in total. The van der Waals surface area contributed by atoms with E-state index in [1.54, 1.807) is 0 Å². The van der Waals surface area contributed by atoms with Crippen molar-refractivity contribution in [3.05, 3.63) is 0 Å². The molecule has 0 spiro atoms. The van der Waals surface area contributed by atoms with E-state index < -0.39 is 20.1 Å². The van der Waals surface area contributed by atoms with Crippen LogP contribution in [0.4, 0.5) is 0 Å². The van der Waals surface area contributed by atoms with Gasteiger partial charge in [-0.25, -0.2) is 0 Å². The Bertz CT molecular complexity index is 130. The van der Waals surface area contributed by atoms with Crippen molar-refractivity contribution < 1.29 is 0 Å². The van der Waals surface area contributed by atoms with E-state index in [1.165, 1.54) is 23.7 Å². The summed E-state index contributed by atoms with van der Waals surface area (Å²) in [4.78, 5) is 0. The first-order chi connectivity index (χ1) is 5.75. The zero-order valence-corrected chi connectivity index (χ0v) is 10.4. The summed E-state index contributed by atoms with van der Waals surface area (Å²) in [7, 11) is 2.28. The fraction of sp³-hybridized carbons (Fsp3) is 1.00. The minimum atomic E-state index is -0.754. The molecular weight excluding hydrogens is 263 g/mol. The molecule has 0 saturated carbocycles. The average molecular weight is 284 g/mol. The Morgan fingerprint density at radius 1 is 1.50 bits per heavy atom. The van der Waals surface area contributed by atoms with Crippen LogP contribution >= 0.6 is 20.1 Å². The number of nitrogens with zero attached hydrogens (tertiary/aromatic N) is 1. The van der Waals surface area contributed by atoms with Crippen LogP contribution in [0, 0.1) is 0 Å². The van der Waals surface area contributed by atoms with Crippen LogP contribution in [0.25, 0.3) is 0 Å². The number of rotatable bonds is 3. The van der Waals surface area contributed by atoms with Crippen molar-refractivity contribution in [1.29, 1.82) is 0 Å². The fourth-order valence-electron chi connectivity index (χ4n) is 1.68. The van der Waals surface area contributed by atoms with Gasteiger partial charge in [0.2, 0.25) is 0 Å². The summed E-state index contributed by atoms with van der Waals surface area (Å²) in [5.74, 6) is 0. The molecule has 0 radical (unpaired) electrons. The third kappa shape index (κ3) is 2.85. The van der Waals surface area contributed by atoms with Gasteiger partial charge in [-0.15, -0.1) is 0 Å². The van der Waals surface area contributed by atoms with Crippen molar-refractivity contribution in [2.24, 2.45) is 5.73 Å². The van der Waals surface area contributed by atoms with Gasteiger partial charge in [0.25, 0.3) is 0 Å². The quantitative estimate of drug-likeness (QED) is 0.487. The van der Waals surface area contributed by atoms with Gasteiger partial charge in [-0.3, -0.25) is 0 Å². The van der Waals surface area contributed by atoms with Gasteiger partial charge < -0.3 is 0 Å². The summed E-state index contributed by atoms with van der Waals surface area (Å²) in [6.45, 7) is 4.39. The zero-order valence-electron chi connectivity index (χ0n) is 8.22. The number of alkyl halides is 2. The predicted molar refractivity (Wildman–Crippen MR) is 63.9 cm³/mol. The Hall–Kier alpha value is 0.650. The second-order valence-electron chi connectivity index (χ2n) is 3.45. The van der Waals surface area contributed by atoms with Gasteiger partial charge in [0.1, 0.15) is 0 Å². The summed E-state index contributed by atoms with van der Waals surface area (Å²) in [5.41, 5.74) is 5.56. The van der Waals surface area contributed by atoms with E-state index in [9.17, 15) is 0 Å². The van der Waals surface area contributed by atoms with Crippen LogP contribution in [0.1, 0.15) is 26.2 Å². The summed E-state index contributed by atoms with van der Waals surface area (Å²) < 4.78 is 5.15. The fourth-order valence-corrected chi connectivity index (χ4v) is 8.57. The number of likely N-dealkylation sites (N-methyl/N-ethyl adjacent to an activating group) is 1. The van der Waals surface area contributed by atoms with Crippen molar-refractivity contribution in [1.82, 2.24) is 3.11 Å². The Labute approximate surface area is 83.6 Å². The molecule has 1 fully saturated rings. The van der Waals surface area contributed by atoms with Crippen LogP contribution in [0.3, 0.4) is 0 Å². The molecule has 1 rings (SSSR count). The van der Waals surface area contributed by atoms with Crippen LogP contribution < -0.4 is 5.73 Å². The molecular formula is C9H21IN2. The second-order valence-corrected chi connectivity index (χ2v) is 10.4. The van der Waals surface area contributed by atoms with E-state index in [1.807, 2.05) is 0 Å². The van der Waals surface area contributed by atoms with Crippen molar-refractivity contribution in [3.63, 3.8) is 0 Å². The van der Waals surface area contributed by atoms with Crippen LogP contribution in [0.5, 0.6) is 0 Å². The molecule has 0 aliphatic carbocycles. The van der Waals surface area contributed by atoms with Crippen LogP contribution in [0.15, 0.2) is 0 Å². The maximum absolute atomic E-state index is 5.56. The molecule has 0 aromatic carbocycles. The molecule has 0 aromatic heterocycles. The molecule has 2 nitrogen and oxygen atoms in total. The van der Waals surface area contributed by atoms with Gasteiger partial charge in [0, 0.05) is 0 Å². The first-order valence-corrected chi connectivity index (χ1v) is 8.55. The SMILES string of the molecule is C[C@@H]1CCCCI1N(C)CCN. The van der Waals surface area contributed by atoms with E-state index in [0.29, 0.717) is 0 Å². The average Bonchev–Trinajstić information content (AvgIpc) is 2.05. The van der Waals surface area contributed by atoms with E-state index in [4.69, 9.17) is 5.73 Å². The molecule has 1 saturated heterocycles. The van der Waals surface area contributed by atoms with Crippen LogP contribution in [0.2, 0.25) is 0 Å². The van der Waals surface area contributed by atoms with E-state index >= 15 is 0 Å². The molecule has 1 atom stereocenters. The molecule has 3 heteroatoms. The standard InChI is InChI=1S/C9H21IN2/c1-9-5-3-4-6-10(9)12(2)8-7-11/h9H,3-8,11H2,1-2H3/t9-/m1/s1. The first-order valence-electron chi connectivity index (χ1n) is 4.81. The first kappa shape index (κ1) is 10.7. The van der Waals surface area contributed by atoms with Gasteiger partial charge in [-0.05, 0) is 0 Å². The van der Waals surface area contributed by atoms with Gasteiger partial charge in [-0.1, -0.05) is 0 Å². The Morgan fingerprint density at radius 2 is 2.25 bits per heavy atom. The third-order valence-electron chi connectivity index (χ3n) is 2.42. The van der Waals surface area contributed by atoms with Gasteiger partial charge in [-0.2, -0.15) is 0 Å². The molecule has 74 valence electrons. The molecule has 1 aliphatic heterocycles. The summed E-state index contributed by atoms with van der Waals surface area (Å²) in [5, 5.41) is 0. The molecule has 12 heavy (non-hydrogen) atoms. The molecule has 1 heterocycles. The van der Waals surface area contributed by atoms with Crippen molar-refractivity contribution >= 4 is 20.1 Å². The van der Waals surface area contributed by atoms with Crippen molar-refractivity contribution in [2.45, 2.75) is 30.1 Å². The molecule has 0 amide bonds. The van der Waals surface area contributed by atoms with Gasteiger partial charge >= 0.3 is 83.6 Å². The maximum atomic E-state index is 5.56. The number of halogens is 1. The third-order valence-corrected chi connectivity index (χ3v) is 9.96.